The second-order valence-corrected chi connectivity index (χ2v) is 6.80. The Labute approximate surface area is 144 Å². The van der Waals surface area contributed by atoms with Crippen molar-refractivity contribution in [3.05, 3.63) is 61.2 Å². The van der Waals surface area contributed by atoms with Gasteiger partial charge in [-0.05, 0) is 41.9 Å². The zero-order valence-corrected chi connectivity index (χ0v) is 14.5. The highest BCUT2D eigenvalue weighted by Crippen LogP contribution is 2.20. The van der Waals surface area contributed by atoms with Crippen LogP contribution in [0.3, 0.4) is 0 Å². The van der Waals surface area contributed by atoms with Crippen LogP contribution in [0.4, 0.5) is 0 Å². The van der Waals surface area contributed by atoms with Crippen molar-refractivity contribution in [2.75, 3.05) is 0 Å². The van der Waals surface area contributed by atoms with Crippen LogP contribution in [0.1, 0.15) is 16.3 Å². The average molecular weight is 395 g/mol. The molecule has 0 spiro atoms. The number of halogens is 1. The molecule has 0 radical (unpaired) electrons. The Bertz CT molecular complexity index is 867. The molecule has 0 fully saturated rings. The van der Waals surface area contributed by atoms with Crippen molar-refractivity contribution in [3.63, 3.8) is 0 Å². The van der Waals surface area contributed by atoms with Crippen LogP contribution in [0.25, 0.3) is 0 Å². The first kappa shape index (κ1) is 15.1. The highest BCUT2D eigenvalue weighted by Gasteiger charge is 2.07. The highest BCUT2D eigenvalue weighted by atomic mass is 79.9. The van der Waals surface area contributed by atoms with Gasteiger partial charge >= 0.3 is 0 Å². The third-order valence-electron chi connectivity index (χ3n) is 2.93. The maximum absolute atomic E-state index is 9.84. The summed E-state index contributed by atoms with van der Waals surface area (Å²) in [5.41, 5.74) is 0.597. The molecule has 0 amide bonds. The van der Waals surface area contributed by atoms with Gasteiger partial charge in [-0.25, -0.2) is 0 Å². The molecule has 0 saturated heterocycles. The first-order valence-corrected chi connectivity index (χ1v) is 8.43. The number of aromatic nitrogens is 3. The smallest absolute Gasteiger partial charge is 0.216 e. The van der Waals surface area contributed by atoms with Crippen molar-refractivity contribution < 1.29 is 5.11 Å². The van der Waals surface area contributed by atoms with Crippen LogP contribution in [0.15, 0.2) is 45.3 Å². The van der Waals surface area contributed by atoms with E-state index in [1.807, 2.05) is 17.5 Å². The fourth-order valence-electron chi connectivity index (χ4n) is 1.88. The second kappa shape index (κ2) is 6.55. The van der Waals surface area contributed by atoms with E-state index in [0.717, 1.165) is 10.3 Å². The number of nitrogens with one attached hydrogen (secondary N) is 1. The lowest BCUT2D eigenvalue weighted by atomic mass is 10.2. The Hall–Kier alpha value is -1.77. The quantitative estimate of drug-likeness (QED) is 0.520. The van der Waals surface area contributed by atoms with Crippen molar-refractivity contribution in [3.8, 4) is 5.75 Å². The number of hydrogen-bond acceptors (Lipinski definition) is 5. The van der Waals surface area contributed by atoms with Gasteiger partial charge in [0.1, 0.15) is 5.75 Å². The normalized spacial score (nSPS) is 11.3. The lowest BCUT2D eigenvalue weighted by Gasteiger charge is -2.01. The van der Waals surface area contributed by atoms with Crippen molar-refractivity contribution in [2.24, 2.45) is 5.10 Å². The summed E-state index contributed by atoms with van der Waals surface area (Å²) in [7, 11) is 0. The number of phenolic OH excluding ortho intramolecular Hbond substituents is 1. The van der Waals surface area contributed by atoms with Gasteiger partial charge < -0.3 is 5.11 Å². The van der Waals surface area contributed by atoms with Gasteiger partial charge in [0, 0.05) is 21.3 Å². The molecule has 0 unspecified atom stereocenters. The molecule has 0 saturated carbocycles. The third-order valence-corrected chi connectivity index (χ3v) is 4.57. The predicted octanol–water partition coefficient (Wildman–Crippen LogP) is 3.94. The fraction of sp³-hybridized carbons (Fsp3) is 0.0714. The maximum atomic E-state index is 9.84. The van der Waals surface area contributed by atoms with Crippen LogP contribution in [-0.4, -0.2) is 26.2 Å². The Morgan fingerprint density at radius 3 is 3.09 bits per heavy atom. The Balaban J connectivity index is 1.92. The van der Waals surface area contributed by atoms with Crippen LogP contribution in [-0.2, 0) is 6.42 Å². The predicted molar refractivity (Wildman–Crippen MR) is 93.3 cm³/mol. The number of nitrogens with zero attached hydrogens (tertiary/aromatic N) is 3. The van der Waals surface area contributed by atoms with Gasteiger partial charge in [0.05, 0.1) is 6.21 Å². The number of thiophene rings is 1. The lowest BCUT2D eigenvalue weighted by molar-refractivity contribution is 0.474. The summed E-state index contributed by atoms with van der Waals surface area (Å²) in [6, 6.07) is 9.18. The van der Waals surface area contributed by atoms with E-state index in [4.69, 9.17) is 12.2 Å². The highest BCUT2D eigenvalue weighted by molar-refractivity contribution is 9.10. The molecule has 2 aromatic heterocycles. The number of aromatic amines is 1. The van der Waals surface area contributed by atoms with E-state index in [1.54, 1.807) is 40.4 Å². The molecule has 8 heteroatoms. The molecule has 1 aromatic carbocycles. The number of rotatable bonds is 4. The van der Waals surface area contributed by atoms with Crippen LogP contribution >= 0.6 is 39.5 Å². The third kappa shape index (κ3) is 3.34. The minimum absolute atomic E-state index is 0.154. The van der Waals surface area contributed by atoms with E-state index < -0.39 is 0 Å². The molecule has 0 atom stereocenters. The van der Waals surface area contributed by atoms with Gasteiger partial charge in [0.25, 0.3) is 0 Å². The molecule has 112 valence electrons. The van der Waals surface area contributed by atoms with Gasteiger partial charge in [-0.2, -0.15) is 14.9 Å². The topological polar surface area (TPSA) is 66.2 Å². The van der Waals surface area contributed by atoms with Crippen molar-refractivity contribution in [1.82, 2.24) is 14.9 Å². The Morgan fingerprint density at radius 2 is 2.32 bits per heavy atom. The molecule has 0 aliphatic carbocycles. The van der Waals surface area contributed by atoms with E-state index in [-0.39, 0.29) is 5.75 Å². The van der Waals surface area contributed by atoms with E-state index in [1.165, 1.54) is 4.88 Å². The first-order valence-electron chi connectivity index (χ1n) is 6.35. The summed E-state index contributed by atoms with van der Waals surface area (Å²) in [6.07, 6.45) is 2.20. The number of hydrogen-bond donors (Lipinski definition) is 2. The molecule has 2 N–H and O–H groups in total. The number of phenols is 1. The van der Waals surface area contributed by atoms with Crippen molar-refractivity contribution >= 4 is 45.7 Å². The van der Waals surface area contributed by atoms with E-state index in [0.29, 0.717) is 16.8 Å². The van der Waals surface area contributed by atoms with Crippen LogP contribution in [0.5, 0.6) is 5.75 Å². The standard InChI is InChI=1S/C14H11BrN4OS2/c15-10-3-4-12(20)9(6-10)8-16-19-13(17-18-14(19)21)7-11-2-1-5-22-11/h1-6,8,20H,7H2,(H,18,21)/b16-8-. The second-order valence-electron chi connectivity index (χ2n) is 4.46. The molecule has 0 aliphatic rings. The minimum atomic E-state index is 0.154. The summed E-state index contributed by atoms with van der Waals surface area (Å²) in [5.74, 6) is 0.875. The Morgan fingerprint density at radius 1 is 1.45 bits per heavy atom. The van der Waals surface area contributed by atoms with E-state index in [9.17, 15) is 5.11 Å². The van der Waals surface area contributed by atoms with Crippen molar-refractivity contribution in [2.45, 2.75) is 6.42 Å². The summed E-state index contributed by atoms with van der Waals surface area (Å²) < 4.78 is 2.84. The Kier molecular flexibility index (Phi) is 4.51. The number of H-pyrrole nitrogens is 1. The number of aromatic hydroxyl groups is 1. The fourth-order valence-corrected chi connectivity index (χ4v) is 3.15. The lowest BCUT2D eigenvalue weighted by Crippen LogP contribution is -1.99. The zero-order chi connectivity index (χ0) is 15.5. The van der Waals surface area contributed by atoms with Crippen LogP contribution < -0.4 is 0 Å². The van der Waals surface area contributed by atoms with Gasteiger partial charge in [0.15, 0.2) is 5.82 Å². The number of benzene rings is 1. The van der Waals surface area contributed by atoms with Gasteiger partial charge in [-0.1, -0.05) is 22.0 Å². The molecule has 22 heavy (non-hydrogen) atoms. The van der Waals surface area contributed by atoms with Crippen molar-refractivity contribution in [1.29, 1.82) is 0 Å². The minimum Gasteiger partial charge on any atom is -0.507 e. The molecule has 3 rings (SSSR count). The maximum Gasteiger partial charge on any atom is 0.216 e. The summed E-state index contributed by atoms with van der Waals surface area (Å²) in [4.78, 5) is 1.18. The largest absolute Gasteiger partial charge is 0.507 e. The molecular formula is C14H11BrN4OS2. The average Bonchev–Trinajstić information content (AvgIpc) is 3.12. The van der Waals surface area contributed by atoms with E-state index in [2.05, 4.69) is 31.2 Å². The van der Waals surface area contributed by atoms with Crippen LogP contribution in [0.2, 0.25) is 0 Å². The molecule has 0 aliphatic heterocycles. The monoisotopic (exact) mass is 394 g/mol. The molecular weight excluding hydrogens is 384 g/mol. The van der Waals surface area contributed by atoms with Gasteiger partial charge in [-0.15, -0.1) is 11.3 Å². The molecule has 0 bridgehead atoms. The molecule has 3 aromatic rings. The van der Waals surface area contributed by atoms with Gasteiger partial charge in [-0.3, -0.25) is 5.10 Å². The molecule has 2 heterocycles. The van der Waals surface area contributed by atoms with Crippen LogP contribution in [0, 0.1) is 4.77 Å². The SMILES string of the molecule is Oc1ccc(Br)cc1/C=N\n1c(Cc2cccs2)n[nH]c1=S. The van der Waals surface area contributed by atoms with Gasteiger partial charge in [0.2, 0.25) is 4.77 Å². The first-order chi connectivity index (χ1) is 10.6. The summed E-state index contributed by atoms with van der Waals surface area (Å²) in [6.45, 7) is 0. The zero-order valence-electron chi connectivity index (χ0n) is 11.2. The summed E-state index contributed by atoms with van der Waals surface area (Å²) >= 11 is 10.2. The molecule has 5 nitrogen and oxygen atoms in total. The summed E-state index contributed by atoms with van der Waals surface area (Å²) in [5, 5.41) is 23.2. The van der Waals surface area contributed by atoms with E-state index >= 15 is 0 Å².